The van der Waals surface area contributed by atoms with E-state index in [1.54, 1.807) is 0 Å². The molecule has 0 spiro atoms. The van der Waals surface area contributed by atoms with E-state index in [2.05, 4.69) is 97.0 Å². The summed E-state index contributed by atoms with van der Waals surface area (Å²) in [6.45, 7) is 15.3. The summed E-state index contributed by atoms with van der Waals surface area (Å²) in [4.78, 5) is 0. The van der Waals surface area contributed by atoms with Gasteiger partial charge in [-0.25, -0.2) is 0 Å². The van der Waals surface area contributed by atoms with Gasteiger partial charge in [0, 0.05) is 23.0 Å². The summed E-state index contributed by atoms with van der Waals surface area (Å²) in [6, 6.07) is 26.8. The van der Waals surface area contributed by atoms with Crippen molar-refractivity contribution in [2.75, 3.05) is 0 Å². The van der Waals surface area contributed by atoms with Crippen LogP contribution in [0.2, 0.25) is 0 Å². The van der Waals surface area contributed by atoms with E-state index >= 15 is 0 Å². The first-order valence-electron chi connectivity index (χ1n) is 33.8. The molecule has 8 aliphatic rings. The fourth-order valence-electron chi connectivity index (χ4n) is 20.4. The van der Waals surface area contributed by atoms with Gasteiger partial charge in [0.1, 0.15) is 34.5 Å². The smallest absolute Gasteiger partial charge is 0.122 e. The predicted octanol–water partition coefficient (Wildman–Crippen LogP) is 20.5. The van der Waals surface area contributed by atoms with Gasteiger partial charge in [0.15, 0.2) is 0 Å². The predicted molar refractivity (Wildman–Crippen MR) is 345 cm³/mol. The number of phenolic OH excluding ortho intramolecular Hbond substituents is 6. The molecule has 4 bridgehead atoms. The molecule has 6 aromatic carbocycles. The van der Waals surface area contributed by atoms with Crippen molar-refractivity contribution in [1.82, 2.24) is 0 Å². The first kappa shape index (κ1) is 58.2. The Balaban J connectivity index is 0.972. The van der Waals surface area contributed by atoms with Crippen LogP contribution in [0.15, 0.2) is 72.8 Å². The molecule has 0 amide bonds. The topological polar surface area (TPSA) is 121 Å². The highest BCUT2D eigenvalue weighted by molar-refractivity contribution is 5.63. The second-order valence-electron chi connectivity index (χ2n) is 30.1. The highest BCUT2D eigenvalue weighted by Gasteiger charge is 2.63. The van der Waals surface area contributed by atoms with E-state index in [4.69, 9.17) is 0 Å². The van der Waals surface area contributed by atoms with Gasteiger partial charge in [0.05, 0.1) is 0 Å². The van der Waals surface area contributed by atoms with Crippen molar-refractivity contribution in [3.8, 4) is 34.5 Å². The van der Waals surface area contributed by atoms with Gasteiger partial charge in [-0.1, -0.05) is 133 Å². The van der Waals surface area contributed by atoms with Crippen molar-refractivity contribution in [3.05, 3.63) is 173 Å². The van der Waals surface area contributed by atoms with Crippen LogP contribution < -0.4 is 0 Å². The minimum atomic E-state index is -0.341. The molecule has 0 radical (unpaired) electrons. The standard InChI is InChI=1S/C79H98O6/c1-46-30-69(80)63(53-20-12-8-13-21-53)36-59(46)73(60-37-64(70(81)31-47(60)2)54-22-14-9-15-23-54)67-34-57(28-50(5)75(67)84)78-41-52-40-77(7,43-78)44-79(42-52,45-78)58-29-51(6)76(85)68(35-58)74(61-38-65(71(82)32-48(61)3)55-24-16-10-17-25-55)62-39-66(72(83)33-49(62)4)56-26-18-11-19-27-56/h28-39,52-56,73-74,80-85H,8-27,40-45H2,1-7H3. The zero-order valence-electron chi connectivity index (χ0n) is 52.5. The summed E-state index contributed by atoms with van der Waals surface area (Å²) < 4.78 is 0. The minimum absolute atomic E-state index is 0.0614. The van der Waals surface area contributed by atoms with E-state index in [1.807, 2.05) is 24.3 Å². The van der Waals surface area contributed by atoms with E-state index < -0.39 is 0 Å². The largest absolute Gasteiger partial charge is 0.508 e. The van der Waals surface area contributed by atoms with E-state index in [0.717, 1.165) is 224 Å². The average molecular weight is 1140 g/mol. The molecule has 6 aromatic rings. The lowest BCUT2D eigenvalue weighted by molar-refractivity contribution is -0.0808. The fraction of sp³-hybridized carbons (Fsp3) is 0.544. The molecule has 450 valence electrons. The Labute approximate surface area is 508 Å². The molecule has 6 nitrogen and oxygen atoms in total. The van der Waals surface area contributed by atoms with Crippen LogP contribution in [0, 0.1) is 52.9 Å². The fourth-order valence-corrected chi connectivity index (χ4v) is 20.4. The van der Waals surface area contributed by atoms with E-state index in [0.29, 0.717) is 40.4 Å². The number of hydrogen-bond donors (Lipinski definition) is 6. The van der Waals surface area contributed by atoms with Crippen molar-refractivity contribution in [2.45, 2.75) is 262 Å². The highest BCUT2D eigenvalue weighted by atomic mass is 16.3. The SMILES string of the molecule is Cc1cc(O)c(C2CCCCC2)cc1C(c1cc(C2CCCCC2)c(O)cc1C)c1cc(C23CC4CC(C)(C2)CC(c2cc(C)c(O)c(C(c5cc(C6CCCCC6)c(O)cc5C)c5cc(C6CCCCC6)c(O)cc5C)c2)(C4)C3)cc(C)c1O. The Bertz CT molecular complexity index is 3150. The first-order valence-corrected chi connectivity index (χ1v) is 33.8. The van der Waals surface area contributed by atoms with E-state index in [1.165, 1.54) is 43.2 Å². The maximum absolute atomic E-state index is 12.9. The summed E-state index contributed by atoms with van der Waals surface area (Å²) >= 11 is 0. The van der Waals surface area contributed by atoms with Gasteiger partial charge in [-0.15, -0.1) is 0 Å². The molecule has 8 fully saturated rings. The lowest BCUT2D eigenvalue weighted by Gasteiger charge is -2.66. The van der Waals surface area contributed by atoms with Crippen LogP contribution in [0.3, 0.4) is 0 Å². The van der Waals surface area contributed by atoms with Crippen LogP contribution in [0.1, 0.15) is 310 Å². The zero-order chi connectivity index (χ0) is 59.3. The minimum Gasteiger partial charge on any atom is -0.508 e. The van der Waals surface area contributed by atoms with Gasteiger partial charge in [-0.3, -0.25) is 0 Å². The molecule has 2 atom stereocenters. The Morgan fingerprint density at radius 1 is 0.318 bits per heavy atom. The van der Waals surface area contributed by atoms with Crippen LogP contribution in [0.5, 0.6) is 34.5 Å². The summed E-state index contributed by atoms with van der Waals surface area (Å²) in [5.74, 6) is 3.11. The molecule has 85 heavy (non-hydrogen) atoms. The van der Waals surface area contributed by atoms with Crippen LogP contribution in [-0.2, 0) is 10.8 Å². The van der Waals surface area contributed by atoms with Crippen LogP contribution in [0.25, 0.3) is 0 Å². The Hall–Kier alpha value is -5.88. The average Bonchev–Trinajstić information content (AvgIpc) is 0.954. The maximum Gasteiger partial charge on any atom is 0.122 e. The van der Waals surface area contributed by atoms with Crippen molar-refractivity contribution in [1.29, 1.82) is 0 Å². The van der Waals surface area contributed by atoms with Gasteiger partial charge >= 0.3 is 0 Å². The maximum atomic E-state index is 12.9. The molecule has 0 heterocycles. The van der Waals surface area contributed by atoms with Crippen LogP contribution in [-0.4, -0.2) is 30.6 Å². The molecule has 14 rings (SSSR count). The molecule has 0 aliphatic heterocycles. The van der Waals surface area contributed by atoms with Gasteiger partial charge in [0.25, 0.3) is 0 Å². The lowest BCUT2D eigenvalue weighted by atomic mass is 9.37. The summed E-state index contributed by atoms with van der Waals surface area (Å²) in [6.07, 6.45) is 29.2. The number of hydrogen-bond acceptors (Lipinski definition) is 6. The Morgan fingerprint density at radius 2 is 0.600 bits per heavy atom. The Morgan fingerprint density at radius 3 is 0.871 bits per heavy atom. The number of benzene rings is 6. The molecule has 0 saturated heterocycles. The highest BCUT2D eigenvalue weighted by Crippen LogP contribution is 2.71. The molecule has 6 N–H and O–H groups in total. The number of rotatable bonds is 12. The quantitative estimate of drug-likeness (QED) is 0.0679. The van der Waals surface area contributed by atoms with Crippen LogP contribution >= 0.6 is 0 Å². The Kier molecular flexibility index (Phi) is 15.5. The lowest BCUT2D eigenvalue weighted by Crippen LogP contribution is -2.59. The third kappa shape index (κ3) is 10.6. The van der Waals surface area contributed by atoms with E-state index in [-0.39, 0.29) is 51.8 Å². The normalized spacial score (nSPS) is 25.2. The van der Waals surface area contributed by atoms with Gasteiger partial charge in [0.2, 0.25) is 0 Å². The monoisotopic (exact) mass is 1140 g/mol. The van der Waals surface area contributed by atoms with E-state index in [9.17, 15) is 30.6 Å². The number of aromatic hydroxyl groups is 6. The van der Waals surface area contributed by atoms with Crippen molar-refractivity contribution in [3.63, 3.8) is 0 Å². The number of phenols is 6. The molecular formula is C79H98O6. The second-order valence-corrected chi connectivity index (χ2v) is 30.1. The van der Waals surface area contributed by atoms with Crippen molar-refractivity contribution < 1.29 is 30.6 Å². The molecule has 8 aliphatic carbocycles. The molecule has 8 saturated carbocycles. The zero-order valence-corrected chi connectivity index (χ0v) is 52.5. The summed E-state index contributed by atoms with van der Waals surface area (Å²) in [5, 5.41) is 73.2. The third-order valence-electron chi connectivity index (χ3n) is 23.9. The first-order chi connectivity index (χ1) is 40.8. The van der Waals surface area contributed by atoms with Crippen molar-refractivity contribution >= 4 is 0 Å². The molecule has 6 heteroatoms. The number of aryl methyl sites for hydroxylation is 6. The molecule has 2 unspecified atom stereocenters. The van der Waals surface area contributed by atoms with Crippen LogP contribution in [0.4, 0.5) is 0 Å². The third-order valence-corrected chi connectivity index (χ3v) is 23.9. The van der Waals surface area contributed by atoms with Gasteiger partial charge < -0.3 is 30.6 Å². The van der Waals surface area contributed by atoms with Gasteiger partial charge in [-0.2, -0.15) is 0 Å². The summed E-state index contributed by atoms with van der Waals surface area (Å²) in [7, 11) is 0. The molecule has 0 aromatic heterocycles. The summed E-state index contributed by atoms with van der Waals surface area (Å²) in [5.41, 5.74) is 18.5. The molecular weight excluding hydrogens is 1040 g/mol. The van der Waals surface area contributed by atoms with Crippen molar-refractivity contribution in [2.24, 2.45) is 11.3 Å². The van der Waals surface area contributed by atoms with Gasteiger partial charge in [-0.05, 0) is 291 Å². The second kappa shape index (κ2) is 22.7.